The average molecular weight is 363 g/mol. The van der Waals surface area contributed by atoms with E-state index in [0.717, 1.165) is 17.5 Å². The van der Waals surface area contributed by atoms with Crippen LogP contribution >= 0.6 is 11.6 Å². The maximum atomic E-state index is 12.2. The Hall–Kier alpha value is -2.40. The van der Waals surface area contributed by atoms with E-state index in [2.05, 4.69) is 10.6 Å². The van der Waals surface area contributed by atoms with E-state index in [1.54, 1.807) is 20.3 Å². The van der Waals surface area contributed by atoms with Gasteiger partial charge in [0.25, 0.3) is 0 Å². The molecule has 0 aliphatic rings. The van der Waals surface area contributed by atoms with Gasteiger partial charge in [-0.25, -0.2) is 4.79 Å². The lowest BCUT2D eigenvalue weighted by atomic mass is 10.1. The van der Waals surface area contributed by atoms with Crippen molar-refractivity contribution in [1.82, 2.24) is 10.6 Å². The molecule has 2 rings (SSSR count). The molecule has 0 aliphatic carbocycles. The van der Waals surface area contributed by atoms with Crippen LogP contribution in [-0.2, 0) is 6.54 Å². The second kappa shape index (κ2) is 9.18. The van der Waals surface area contributed by atoms with Crippen molar-refractivity contribution in [2.75, 3.05) is 14.2 Å². The van der Waals surface area contributed by atoms with Crippen LogP contribution in [0.15, 0.2) is 42.5 Å². The normalized spacial score (nSPS) is 11.5. The van der Waals surface area contributed by atoms with Crippen molar-refractivity contribution in [3.8, 4) is 11.5 Å². The van der Waals surface area contributed by atoms with Crippen LogP contribution in [0.1, 0.15) is 30.5 Å². The van der Waals surface area contributed by atoms with Gasteiger partial charge in [-0.3, -0.25) is 0 Å². The molecule has 0 saturated carbocycles. The summed E-state index contributed by atoms with van der Waals surface area (Å²) < 4.78 is 10.5. The Balaban J connectivity index is 1.96. The van der Waals surface area contributed by atoms with Gasteiger partial charge >= 0.3 is 6.03 Å². The number of benzene rings is 2. The number of amides is 2. The summed E-state index contributed by atoms with van der Waals surface area (Å²) in [5.41, 5.74) is 1.91. The number of carbonyl (C=O) groups excluding carboxylic acids is 1. The highest BCUT2D eigenvalue weighted by Gasteiger charge is 2.12. The number of halogens is 1. The lowest BCUT2D eigenvalue weighted by Gasteiger charge is -2.18. The van der Waals surface area contributed by atoms with Gasteiger partial charge in [0.05, 0.1) is 20.3 Å². The molecule has 0 fully saturated rings. The smallest absolute Gasteiger partial charge is 0.315 e. The lowest BCUT2D eigenvalue weighted by molar-refractivity contribution is 0.236. The molecule has 0 aliphatic heterocycles. The third kappa shape index (κ3) is 5.57. The molecule has 0 spiro atoms. The zero-order valence-corrected chi connectivity index (χ0v) is 15.4. The molecule has 2 N–H and O–H groups in total. The maximum Gasteiger partial charge on any atom is 0.315 e. The number of hydrogen-bond acceptors (Lipinski definition) is 3. The van der Waals surface area contributed by atoms with Gasteiger partial charge in [0.2, 0.25) is 0 Å². The van der Waals surface area contributed by atoms with E-state index in [9.17, 15) is 4.79 Å². The van der Waals surface area contributed by atoms with Gasteiger partial charge in [-0.05, 0) is 41.8 Å². The summed E-state index contributed by atoms with van der Waals surface area (Å²) >= 11 is 5.91. The molecule has 0 saturated heterocycles. The molecule has 134 valence electrons. The predicted molar refractivity (Wildman–Crippen MR) is 99.4 cm³/mol. The molecule has 1 atom stereocenters. The van der Waals surface area contributed by atoms with Crippen LogP contribution < -0.4 is 20.1 Å². The summed E-state index contributed by atoms with van der Waals surface area (Å²) in [4.78, 5) is 12.2. The number of ether oxygens (including phenoxy) is 2. The quantitative estimate of drug-likeness (QED) is 0.771. The molecule has 25 heavy (non-hydrogen) atoms. The Morgan fingerprint density at radius 1 is 1.08 bits per heavy atom. The minimum Gasteiger partial charge on any atom is -0.497 e. The molecular formula is C19H23ClN2O3. The van der Waals surface area contributed by atoms with Gasteiger partial charge in [-0.1, -0.05) is 30.7 Å². The topological polar surface area (TPSA) is 59.6 Å². The van der Waals surface area contributed by atoms with Crippen LogP contribution in [0.5, 0.6) is 11.5 Å². The van der Waals surface area contributed by atoms with Crippen LogP contribution in [0.25, 0.3) is 0 Å². The number of hydrogen-bond donors (Lipinski definition) is 2. The zero-order valence-electron chi connectivity index (χ0n) is 14.6. The Morgan fingerprint density at radius 2 is 1.68 bits per heavy atom. The van der Waals surface area contributed by atoms with Crippen molar-refractivity contribution in [3.63, 3.8) is 0 Å². The van der Waals surface area contributed by atoms with Gasteiger partial charge < -0.3 is 20.1 Å². The third-order valence-corrected chi connectivity index (χ3v) is 4.10. The van der Waals surface area contributed by atoms with Crippen LogP contribution in [-0.4, -0.2) is 20.3 Å². The van der Waals surface area contributed by atoms with E-state index < -0.39 is 0 Å². The summed E-state index contributed by atoms with van der Waals surface area (Å²) in [7, 11) is 3.19. The van der Waals surface area contributed by atoms with Crippen molar-refractivity contribution in [2.45, 2.75) is 25.9 Å². The highest BCUT2D eigenvalue weighted by atomic mass is 35.5. The van der Waals surface area contributed by atoms with E-state index in [-0.39, 0.29) is 12.1 Å². The number of methoxy groups -OCH3 is 2. The van der Waals surface area contributed by atoms with Gasteiger partial charge in [0.15, 0.2) is 0 Å². The molecule has 1 unspecified atom stereocenters. The molecule has 0 radical (unpaired) electrons. The fraction of sp³-hybridized carbons (Fsp3) is 0.316. The average Bonchev–Trinajstić information content (AvgIpc) is 2.64. The first-order valence-corrected chi connectivity index (χ1v) is 8.45. The maximum absolute atomic E-state index is 12.2. The number of carbonyl (C=O) groups is 1. The first-order valence-electron chi connectivity index (χ1n) is 8.07. The zero-order chi connectivity index (χ0) is 18.2. The van der Waals surface area contributed by atoms with E-state index >= 15 is 0 Å². The van der Waals surface area contributed by atoms with Crippen molar-refractivity contribution < 1.29 is 14.3 Å². The molecule has 6 heteroatoms. The largest absolute Gasteiger partial charge is 0.497 e. The first kappa shape index (κ1) is 18.9. The number of rotatable bonds is 7. The second-order valence-corrected chi connectivity index (χ2v) is 6.00. The fourth-order valence-corrected chi connectivity index (χ4v) is 2.60. The first-order chi connectivity index (χ1) is 12.0. The van der Waals surface area contributed by atoms with E-state index in [1.807, 2.05) is 43.3 Å². The summed E-state index contributed by atoms with van der Waals surface area (Å²) in [6.07, 6.45) is 0.780. The highest BCUT2D eigenvalue weighted by molar-refractivity contribution is 6.30. The Kier molecular flexibility index (Phi) is 6.95. The van der Waals surface area contributed by atoms with Gasteiger partial charge in [-0.2, -0.15) is 0 Å². The Morgan fingerprint density at radius 3 is 2.20 bits per heavy atom. The molecule has 2 aromatic carbocycles. The molecule has 0 heterocycles. The molecule has 0 bridgehead atoms. The Labute approximate surface area is 153 Å². The summed E-state index contributed by atoms with van der Waals surface area (Å²) in [5.74, 6) is 1.37. The molecule has 2 aromatic rings. The van der Waals surface area contributed by atoms with Crippen molar-refractivity contribution >= 4 is 17.6 Å². The van der Waals surface area contributed by atoms with Crippen LogP contribution in [0.2, 0.25) is 5.02 Å². The minimum atomic E-state index is -0.233. The Bertz CT molecular complexity index is 682. The fourth-order valence-electron chi connectivity index (χ4n) is 2.48. The van der Waals surface area contributed by atoms with Crippen LogP contribution in [0, 0.1) is 0 Å². The molecule has 2 amide bonds. The molecular weight excluding hydrogens is 340 g/mol. The van der Waals surface area contributed by atoms with E-state index in [1.165, 1.54) is 0 Å². The standard InChI is InChI=1S/C19H23ClN2O3/c1-4-18(14-5-7-15(20)8-6-14)22-19(23)21-12-13-9-16(24-2)11-17(10-13)25-3/h5-11,18H,4,12H2,1-3H3,(H2,21,22,23). The van der Waals surface area contributed by atoms with Crippen LogP contribution in [0.4, 0.5) is 4.79 Å². The number of urea groups is 1. The van der Waals surface area contributed by atoms with E-state index in [0.29, 0.717) is 23.1 Å². The summed E-state index contributed by atoms with van der Waals surface area (Å²) in [6.45, 7) is 2.39. The molecule has 5 nitrogen and oxygen atoms in total. The summed E-state index contributed by atoms with van der Waals surface area (Å²) in [6, 6.07) is 12.7. The van der Waals surface area contributed by atoms with Crippen LogP contribution in [0.3, 0.4) is 0 Å². The highest BCUT2D eigenvalue weighted by Crippen LogP contribution is 2.22. The van der Waals surface area contributed by atoms with Crippen molar-refractivity contribution in [1.29, 1.82) is 0 Å². The second-order valence-electron chi connectivity index (χ2n) is 5.56. The molecule has 0 aromatic heterocycles. The van der Waals surface area contributed by atoms with Crippen molar-refractivity contribution in [2.24, 2.45) is 0 Å². The van der Waals surface area contributed by atoms with Crippen molar-refractivity contribution in [3.05, 3.63) is 58.6 Å². The van der Waals surface area contributed by atoms with Gasteiger partial charge in [0, 0.05) is 17.6 Å². The monoisotopic (exact) mass is 362 g/mol. The third-order valence-electron chi connectivity index (χ3n) is 3.85. The predicted octanol–water partition coefficient (Wildman–Crippen LogP) is 4.31. The minimum absolute atomic E-state index is 0.0721. The van der Waals surface area contributed by atoms with Gasteiger partial charge in [-0.15, -0.1) is 0 Å². The lowest BCUT2D eigenvalue weighted by Crippen LogP contribution is -2.37. The van der Waals surface area contributed by atoms with Gasteiger partial charge in [0.1, 0.15) is 11.5 Å². The SMILES string of the molecule is CCC(NC(=O)NCc1cc(OC)cc(OC)c1)c1ccc(Cl)cc1. The summed E-state index contributed by atoms with van der Waals surface area (Å²) in [5, 5.41) is 6.51. The van der Waals surface area contributed by atoms with E-state index in [4.69, 9.17) is 21.1 Å². The number of nitrogens with one attached hydrogen (secondary N) is 2.